The van der Waals surface area contributed by atoms with Crippen LogP contribution in [0.25, 0.3) is 0 Å². The molecular weight excluding hydrogens is 256 g/mol. The van der Waals surface area contributed by atoms with E-state index in [9.17, 15) is 9.59 Å². The lowest BCUT2D eigenvalue weighted by Gasteiger charge is -2.16. The molecule has 0 aromatic heterocycles. The number of hydrogen-bond acceptors (Lipinski definition) is 3. The van der Waals surface area contributed by atoms with Crippen LogP contribution in [-0.4, -0.2) is 36.1 Å². The number of amides is 2. The van der Waals surface area contributed by atoms with E-state index in [1.165, 1.54) is 0 Å². The monoisotopic (exact) mass is 278 g/mol. The van der Waals surface area contributed by atoms with Crippen LogP contribution in [0.5, 0.6) is 0 Å². The molecule has 0 spiro atoms. The normalized spacial score (nSPS) is 11.8. The molecule has 1 unspecified atom stereocenters. The fraction of sp³-hybridized carbons (Fsp3) is 0.467. The number of carbonyl (C=O) groups excluding carboxylic acids is 2. The lowest BCUT2D eigenvalue weighted by Crippen LogP contribution is -2.42. The van der Waals surface area contributed by atoms with Crippen LogP contribution >= 0.6 is 0 Å². The van der Waals surface area contributed by atoms with E-state index in [0.717, 1.165) is 12.0 Å². The van der Waals surface area contributed by atoms with Gasteiger partial charge in [-0.15, -0.1) is 0 Å². The fourth-order valence-electron chi connectivity index (χ4n) is 1.90. The molecule has 5 nitrogen and oxygen atoms in total. The largest absolute Gasteiger partial charge is 0.396 e. The van der Waals surface area contributed by atoms with E-state index in [2.05, 4.69) is 10.6 Å². The molecule has 1 atom stereocenters. The molecule has 0 fully saturated rings. The summed E-state index contributed by atoms with van der Waals surface area (Å²) >= 11 is 0. The number of aliphatic hydroxyl groups excluding tert-OH is 1. The highest BCUT2D eigenvalue weighted by Gasteiger charge is 2.12. The second-order valence-electron chi connectivity index (χ2n) is 4.68. The van der Waals surface area contributed by atoms with Crippen molar-refractivity contribution in [3.63, 3.8) is 0 Å². The van der Waals surface area contributed by atoms with E-state index >= 15 is 0 Å². The van der Waals surface area contributed by atoms with Crippen LogP contribution in [-0.2, 0) is 4.79 Å². The molecule has 5 heteroatoms. The maximum atomic E-state index is 11.9. The Kier molecular flexibility index (Phi) is 6.73. The molecule has 0 saturated carbocycles. The molecule has 2 amide bonds. The number of hydrogen-bond donors (Lipinski definition) is 3. The minimum atomic E-state index is -0.256. The van der Waals surface area contributed by atoms with E-state index in [1.807, 2.05) is 26.0 Å². The maximum absolute atomic E-state index is 11.9. The van der Waals surface area contributed by atoms with Crippen molar-refractivity contribution in [2.45, 2.75) is 32.7 Å². The molecule has 0 saturated heterocycles. The standard InChI is InChI=1S/C15H22N2O3/c1-3-12(8-9-18)17-14(19)10-16-15(20)13-7-5-4-6-11(13)2/h4-7,12,18H,3,8-10H2,1-2H3,(H,16,20)(H,17,19). The summed E-state index contributed by atoms with van der Waals surface area (Å²) in [5.41, 5.74) is 1.44. The Bertz CT molecular complexity index is 460. The zero-order chi connectivity index (χ0) is 15.0. The predicted octanol–water partition coefficient (Wildman–Crippen LogP) is 1.00. The number of benzene rings is 1. The molecule has 0 heterocycles. The second kappa shape index (κ2) is 8.32. The van der Waals surface area contributed by atoms with Gasteiger partial charge in [0.25, 0.3) is 5.91 Å². The number of carbonyl (C=O) groups is 2. The van der Waals surface area contributed by atoms with Crippen LogP contribution in [0.3, 0.4) is 0 Å². The quantitative estimate of drug-likeness (QED) is 0.696. The minimum absolute atomic E-state index is 0.0361. The summed E-state index contributed by atoms with van der Waals surface area (Å²) in [4.78, 5) is 23.6. The van der Waals surface area contributed by atoms with Gasteiger partial charge in [-0.25, -0.2) is 0 Å². The molecule has 20 heavy (non-hydrogen) atoms. The van der Waals surface area contributed by atoms with Crippen molar-refractivity contribution in [1.29, 1.82) is 0 Å². The highest BCUT2D eigenvalue weighted by molar-refractivity contribution is 5.97. The first kappa shape index (κ1) is 16.2. The Hall–Kier alpha value is -1.88. The SMILES string of the molecule is CCC(CCO)NC(=O)CNC(=O)c1ccccc1C. The van der Waals surface area contributed by atoms with E-state index < -0.39 is 0 Å². The topological polar surface area (TPSA) is 78.4 Å². The maximum Gasteiger partial charge on any atom is 0.251 e. The van der Waals surface area contributed by atoms with Gasteiger partial charge in [-0.1, -0.05) is 25.1 Å². The molecule has 0 radical (unpaired) electrons. The van der Waals surface area contributed by atoms with Crippen molar-refractivity contribution in [3.05, 3.63) is 35.4 Å². The third kappa shape index (κ3) is 5.01. The van der Waals surface area contributed by atoms with Gasteiger partial charge in [0.1, 0.15) is 0 Å². The van der Waals surface area contributed by atoms with Gasteiger partial charge in [0, 0.05) is 18.2 Å². The zero-order valence-corrected chi connectivity index (χ0v) is 12.0. The minimum Gasteiger partial charge on any atom is -0.396 e. The fourth-order valence-corrected chi connectivity index (χ4v) is 1.90. The molecule has 1 aromatic rings. The first-order valence-electron chi connectivity index (χ1n) is 6.82. The molecule has 3 N–H and O–H groups in total. The van der Waals surface area contributed by atoms with Crippen LogP contribution in [0.15, 0.2) is 24.3 Å². The van der Waals surface area contributed by atoms with E-state index in [1.54, 1.807) is 12.1 Å². The smallest absolute Gasteiger partial charge is 0.251 e. The van der Waals surface area contributed by atoms with Crippen molar-refractivity contribution < 1.29 is 14.7 Å². The molecule has 1 aromatic carbocycles. The summed E-state index contributed by atoms with van der Waals surface area (Å²) in [6.45, 7) is 3.76. The molecular formula is C15H22N2O3. The third-order valence-corrected chi connectivity index (χ3v) is 3.13. The average molecular weight is 278 g/mol. The molecule has 1 rings (SSSR count). The average Bonchev–Trinajstić information content (AvgIpc) is 2.44. The van der Waals surface area contributed by atoms with Gasteiger partial charge in [0.05, 0.1) is 6.54 Å². The molecule has 0 aliphatic rings. The van der Waals surface area contributed by atoms with Crippen molar-refractivity contribution in [1.82, 2.24) is 10.6 Å². The van der Waals surface area contributed by atoms with Gasteiger partial charge in [0.2, 0.25) is 5.91 Å². The van der Waals surface area contributed by atoms with Gasteiger partial charge in [-0.3, -0.25) is 9.59 Å². The van der Waals surface area contributed by atoms with Crippen LogP contribution in [0.2, 0.25) is 0 Å². The number of aryl methyl sites for hydroxylation is 1. The summed E-state index contributed by atoms with van der Waals surface area (Å²) < 4.78 is 0. The van der Waals surface area contributed by atoms with Crippen molar-refractivity contribution in [3.8, 4) is 0 Å². The van der Waals surface area contributed by atoms with Crippen LogP contribution in [0, 0.1) is 6.92 Å². The Labute approximate surface area is 119 Å². The molecule has 0 aliphatic carbocycles. The Morgan fingerprint density at radius 1 is 1.30 bits per heavy atom. The first-order chi connectivity index (χ1) is 9.58. The highest BCUT2D eigenvalue weighted by atomic mass is 16.3. The molecule has 0 aliphatic heterocycles. The summed E-state index contributed by atoms with van der Waals surface area (Å²) in [6, 6.07) is 7.17. The lowest BCUT2D eigenvalue weighted by atomic mass is 10.1. The predicted molar refractivity (Wildman–Crippen MR) is 77.4 cm³/mol. The third-order valence-electron chi connectivity index (χ3n) is 3.13. The Morgan fingerprint density at radius 2 is 2.00 bits per heavy atom. The number of aliphatic hydroxyl groups is 1. The Morgan fingerprint density at radius 3 is 2.60 bits per heavy atom. The molecule has 110 valence electrons. The van der Waals surface area contributed by atoms with Crippen LogP contribution in [0.4, 0.5) is 0 Å². The van der Waals surface area contributed by atoms with E-state index in [4.69, 9.17) is 5.11 Å². The highest BCUT2D eigenvalue weighted by Crippen LogP contribution is 2.06. The van der Waals surface area contributed by atoms with E-state index in [0.29, 0.717) is 12.0 Å². The van der Waals surface area contributed by atoms with Crippen LogP contribution in [0.1, 0.15) is 35.7 Å². The van der Waals surface area contributed by atoms with Crippen molar-refractivity contribution in [2.24, 2.45) is 0 Å². The van der Waals surface area contributed by atoms with Gasteiger partial charge in [-0.2, -0.15) is 0 Å². The van der Waals surface area contributed by atoms with Gasteiger partial charge >= 0.3 is 0 Å². The summed E-state index contributed by atoms with van der Waals surface area (Å²) in [7, 11) is 0. The van der Waals surface area contributed by atoms with E-state index in [-0.39, 0.29) is 31.0 Å². The van der Waals surface area contributed by atoms with Gasteiger partial charge < -0.3 is 15.7 Å². The van der Waals surface area contributed by atoms with Crippen LogP contribution < -0.4 is 10.6 Å². The lowest BCUT2D eigenvalue weighted by molar-refractivity contribution is -0.120. The first-order valence-corrected chi connectivity index (χ1v) is 6.82. The summed E-state index contributed by atoms with van der Waals surface area (Å²) in [6.07, 6.45) is 1.27. The number of rotatable bonds is 7. The second-order valence-corrected chi connectivity index (χ2v) is 4.68. The number of nitrogens with one attached hydrogen (secondary N) is 2. The zero-order valence-electron chi connectivity index (χ0n) is 12.0. The van der Waals surface area contributed by atoms with Gasteiger partial charge in [-0.05, 0) is 31.4 Å². The summed E-state index contributed by atoms with van der Waals surface area (Å²) in [5.74, 6) is -0.499. The Balaban J connectivity index is 2.45. The van der Waals surface area contributed by atoms with Crippen molar-refractivity contribution in [2.75, 3.05) is 13.2 Å². The van der Waals surface area contributed by atoms with Gasteiger partial charge in [0.15, 0.2) is 0 Å². The molecule has 0 bridgehead atoms. The summed E-state index contributed by atoms with van der Waals surface area (Å²) in [5, 5.41) is 14.2. The van der Waals surface area contributed by atoms with Crippen molar-refractivity contribution >= 4 is 11.8 Å².